The fraction of sp³-hybridized carbons (Fsp3) is 0.571. The van der Waals surface area contributed by atoms with Crippen LogP contribution < -0.4 is 4.90 Å². The molecule has 1 fully saturated rings. The molecule has 1 atom stereocenters. The fourth-order valence-electron chi connectivity index (χ4n) is 2.34. The zero-order valence-corrected chi connectivity index (χ0v) is 11.0. The van der Waals surface area contributed by atoms with E-state index in [0.29, 0.717) is 17.7 Å². The first-order valence-corrected chi connectivity index (χ1v) is 6.42. The van der Waals surface area contributed by atoms with E-state index in [1.807, 2.05) is 12.1 Å². The maximum absolute atomic E-state index is 8.92. The van der Waals surface area contributed by atoms with Gasteiger partial charge in [-0.3, -0.25) is 0 Å². The number of hydrogen-bond donors (Lipinski definition) is 0. The highest BCUT2D eigenvalue weighted by Gasteiger charge is 2.24. The van der Waals surface area contributed by atoms with Gasteiger partial charge in [0.15, 0.2) is 0 Å². The first kappa shape index (κ1) is 12.8. The second-order valence-corrected chi connectivity index (χ2v) is 5.04. The van der Waals surface area contributed by atoms with Crippen LogP contribution >= 0.6 is 0 Å². The van der Waals surface area contributed by atoms with Crippen LogP contribution in [-0.2, 0) is 4.74 Å². The third kappa shape index (κ3) is 2.99. The molecule has 4 heteroatoms. The molecule has 0 bridgehead atoms. The van der Waals surface area contributed by atoms with Crippen molar-refractivity contribution in [3.63, 3.8) is 0 Å². The smallest absolute Gasteiger partial charge is 0.142 e. The van der Waals surface area contributed by atoms with E-state index in [-0.39, 0.29) is 0 Å². The molecule has 2 rings (SSSR count). The molecule has 1 saturated heterocycles. The van der Waals surface area contributed by atoms with Crippen molar-refractivity contribution in [2.45, 2.75) is 26.3 Å². The van der Waals surface area contributed by atoms with Gasteiger partial charge in [0.1, 0.15) is 17.6 Å². The van der Waals surface area contributed by atoms with Gasteiger partial charge < -0.3 is 9.64 Å². The summed E-state index contributed by atoms with van der Waals surface area (Å²) >= 11 is 0. The van der Waals surface area contributed by atoms with Gasteiger partial charge in [-0.25, -0.2) is 4.98 Å². The number of nitriles is 1. The van der Waals surface area contributed by atoms with E-state index in [9.17, 15) is 0 Å². The van der Waals surface area contributed by atoms with Crippen molar-refractivity contribution in [2.24, 2.45) is 5.92 Å². The Morgan fingerprint density at radius 2 is 2.39 bits per heavy atom. The maximum Gasteiger partial charge on any atom is 0.142 e. The number of rotatable bonds is 3. The minimum absolute atomic E-state index is 0.361. The van der Waals surface area contributed by atoms with Crippen LogP contribution in [0.15, 0.2) is 18.2 Å². The molecule has 4 nitrogen and oxygen atoms in total. The Hall–Kier alpha value is -1.60. The highest BCUT2D eigenvalue weighted by Crippen LogP contribution is 2.21. The monoisotopic (exact) mass is 245 g/mol. The molecule has 1 aliphatic rings. The highest BCUT2D eigenvalue weighted by atomic mass is 16.5. The minimum atomic E-state index is 0.361. The zero-order chi connectivity index (χ0) is 13.0. The Kier molecular flexibility index (Phi) is 4.16. The number of anilines is 1. The molecular formula is C14H19N3O. The van der Waals surface area contributed by atoms with E-state index < -0.39 is 0 Å². The number of morpholine rings is 1. The lowest BCUT2D eigenvalue weighted by atomic mass is 10.0. The molecular weight excluding hydrogens is 226 g/mol. The number of aromatic nitrogens is 1. The van der Waals surface area contributed by atoms with Crippen molar-refractivity contribution in [1.29, 1.82) is 5.26 Å². The van der Waals surface area contributed by atoms with Gasteiger partial charge in [-0.2, -0.15) is 5.26 Å². The van der Waals surface area contributed by atoms with Crippen LogP contribution in [0, 0.1) is 17.2 Å². The molecule has 0 spiro atoms. The molecule has 1 aromatic heterocycles. The Morgan fingerprint density at radius 3 is 3.11 bits per heavy atom. The Morgan fingerprint density at radius 1 is 1.56 bits per heavy atom. The third-order valence-electron chi connectivity index (χ3n) is 3.11. The molecule has 1 unspecified atom stereocenters. The van der Waals surface area contributed by atoms with Crippen molar-refractivity contribution in [3.05, 3.63) is 23.9 Å². The van der Waals surface area contributed by atoms with Crippen LogP contribution in [0.1, 0.15) is 26.0 Å². The van der Waals surface area contributed by atoms with Crippen molar-refractivity contribution in [2.75, 3.05) is 24.7 Å². The molecule has 0 N–H and O–H groups in total. The molecule has 0 radical (unpaired) electrons. The Balaban J connectivity index is 2.19. The molecule has 0 aromatic carbocycles. The predicted octanol–water partition coefficient (Wildman–Crippen LogP) is 2.20. The Labute approximate surface area is 108 Å². The molecule has 0 amide bonds. The number of nitrogens with zero attached hydrogens (tertiary/aromatic N) is 3. The quantitative estimate of drug-likeness (QED) is 0.819. The van der Waals surface area contributed by atoms with Crippen molar-refractivity contribution < 1.29 is 4.74 Å². The second-order valence-electron chi connectivity index (χ2n) is 5.04. The van der Waals surface area contributed by atoms with Crippen LogP contribution in [0.3, 0.4) is 0 Å². The average molecular weight is 245 g/mol. The van der Waals surface area contributed by atoms with E-state index in [4.69, 9.17) is 10.00 Å². The summed E-state index contributed by atoms with van der Waals surface area (Å²) in [5.74, 6) is 1.52. The Bertz CT molecular complexity index is 439. The molecule has 96 valence electrons. The first-order chi connectivity index (χ1) is 8.70. The largest absolute Gasteiger partial charge is 0.377 e. The number of hydrogen-bond acceptors (Lipinski definition) is 4. The lowest BCUT2D eigenvalue weighted by molar-refractivity contribution is 0.0873. The van der Waals surface area contributed by atoms with E-state index in [0.717, 1.165) is 32.0 Å². The molecule has 2 heterocycles. The topological polar surface area (TPSA) is 49.1 Å². The molecule has 1 aromatic rings. The number of ether oxygens (including phenoxy) is 1. The lowest BCUT2D eigenvalue weighted by Crippen LogP contribution is -2.46. The maximum atomic E-state index is 8.92. The molecule has 0 saturated carbocycles. The normalized spacial score (nSPS) is 19.9. The van der Waals surface area contributed by atoms with Gasteiger partial charge in [0, 0.05) is 6.54 Å². The van der Waals surface area contributed by atoms with Crippen molar-refractivity contribution in [3.8, 4) is 6.07 Å². The van der Waals surface area contributed by atoms with Gasteiger partial charge in [-0.1, -0.05) is 19.9 Å². The van der Waals surface area contributed by atoms with Gasteiger partial charge in [0.25, 0.3) is 0 Å². The first-order valence-electron chi connectivity index (χ1n) is 6.42. The summed E-state index contributed by atoms with van der Waals surface area (Å²) in [5, 5.41) is 8.92. The summed E-state index contributed by atoms with van der Waals surface area (Å²) in [7, 11) is 0. The highest BCUT2D eigenvalue weighted by molar-refractivity contribution is 5.43. The zero-order valence-electron chi connectivity index (χ0n) is 11.0. The van der Waals surface area contributed by atoms with E-state index >= 15 is 0 Å². The fourth-order valence-corrected chi connectivity index (χ4v) is 2.34. The number of pyridine rings is 1. The third-order valence-corrected chi connectivity index (χ3v) is 3.11. The van der Waals surface area contributed by atoms with Crippen LogP contribution in [-0.4, -0.2) is 30.8 Å². The van der Waals surface area contributed by atoms with Crippen LogP contribution in [0.4, 0.5) is 5.82 Å². The predicted molar refractivity (Wildman–Crippen MR) is 70.4 cm³/mol. The van der Waals surface area contributed by atoms with Crippen LogP contribution in [0.25, 0.3) is 0 Å². The molecule has 18 heavy (non-hydrogen) atoms. The van der Waals surface area contributed by atoms with Gasteiger partial charge in [0.05, 0.1) is 19.3 Å². The van der Waals surface area contributed by atoms with Crippen molar-refractivity contribution in [1.82, 2.24) is 4.98 Å². The summed E-state index contributed by atoms with van der Waals surface area (Å²) in [5.41, 5.74) is 0.474. The summed E-state index contributed by atoms with van der Waals surface area (Å²) in [4.78, 5) is 6.65. The standard InChI is InChI=1S/C14H19N3O/c1-11(2)8-13-10-18-7-6-17(13)14-5-3-4-12(9-15)16-14/h3-5,11,13H,6-8,10H2,1-2H3. The summed E-state index contributed by atoms with van der Waals surface area (Å²) in [6.45, 7) is 6.75. The summed E-state index contributed by atoms with van der Waals surface area (Å²) in [6, 6.07) is 8.06. The van der Waals surface area contributed by atoms with Crippen LogP contribution in [0.5, 0.6) is 0 Å². The second kappa shape index (κ2) is 5.83. The average Bonchev–Trinajstić information content (AvgIpc) is 2.39. The summed E-state index contributed by atoms with van der Waals surface area (Å²) in [6.07, 6.45) is 1.08. The molecule has 0 aliphatic carbocycles. The molecule has 1 aliphatic heterocycles. The lowest BCUT2D eigenvalue weighted by Gasteiger charge is -2.37. The van der Waals surface area contributed by atoms with E-state index in [1.165, 1.54) is 0 Å². The van der Waals surface area contributed by atoms with E-state index in [1.54, 1.807) is 6.07 Å². The summed E-state index contributed by atoms with van der Waals surface area (Å²) < 4.78 is 5.56. The van der Waals surface area contributed by atoms with Gasteiger partial charge in [-0.05, 0) is 24.5 Å². The van der Waals surface area contributed by atoms with Gasteiger partial charge in [-0.15, -0.1) is 0 Å². The van der Waals surface area contributed by atoms with Crippen LogP contribution in [0.2, 0.25) is 0 Å². The van der Waals surface area contributed by atoms with Crippen molar-refractivity contribution >= 4 is 5.82 Å². The SMILES string of the molecule is CC(C)CC1COCCN1c1cccc(C#N)n1. The van der Waals surface area contributed by atoms with Gasteiger partial charge in [0.2, 0.25) is 0 Å². The van der Waals surface area contributed by atoms with Gasteiger partial charge >= 0.3 is 0 Å². The minimum Gasteiger partial charge on any atom is -0.377 e. The van der Waals surface area contributed by atoms with E-state index in [2.05, 4.69) is 29.8 Å².